The highest BCUT2D eigenvalue weighted by Crippen LogP contribution is 2.22. The second-order valence-corrected chi connectivity index (χ2v) is 7.04. The Balaban J connectivity index is 1.92. The van der Waals surface area contributed by atoms with Crippen molar-refractivity contribution >= 4 is 27.7 Å². The lowest BCUT2D eigenvalue weighted by Crippen LogP contribution is -2.48. The monoisotopic (exact) mass is 422 g/mol. The van der Waals surface area contributed by atoms with Crippen LogP contribution in [0.1, 0.15) is 36.7 Å². The van der Waals surface area contributed by atoms with E-state index in [1.165, 1.54) is 0 Å². The summed E-state index contributed by atoms with van der Waals surface area (Å²) in [4.78, 5) is 24.5. The van der Waals surface area contributed by atoms with E-state index in [0.29, 0.717) is 5.75 Å². The Labute approximate surface area is 161 Å². The highest BCUT2D eigenvalue weighted by atomic mass is 79.9. The Morgan fingerprint density at radius 2 is 1.85 bits per heavy atom. The molecule has 1 heterocycles. The topological polar surface area (TPSA) is 85.3 Å². The second kappa shape index (κ2) is 8.35. The Morgan fingerprint density at radius 3 is 2.42 bits per heavy atom. The van der Waals surface area contributed by atoms with E-state index in [9.17, 15) is 9.59 Å². The van der Waals surface area contributed by atoms with Crippen molar-refractivity contribution in [1.29, 1.82) is 0 Å². The van der Waals surface area contributed by atoms with Gasteiger partial charge in [-0.3, -0.25) is 25.1 Å². The van der Waals surface area contributed by atoms with Crippen molar-refractivity contribution in [3.05, 3.63) is 45.7 Å². The molecular weight excluding hydrogens is 400 g/mol. The number of aryl methyl sites for hydroxylation is 2. The summed E-state index contributed by atoms with van der Waals surface area (Å²) in [6.45, 7) is 7.16. The normalized spacial score (nSPS) is 13.0. The molecule has 0 aliphatic carbocycles. The van der Waals surface area contributed by atoms with Crippen LogP contribution >= 0.6 is 15.9 Å². The number of aromatic nitrogens is 2. The molecule has 2 atom stereocenters. The molecule has 0 unspecified atom stereocenters. The van der Waals surface area contributed by atoms with Gasteiger partial charge < -0.3 is 4.74 Å². The van der Waals surface area contributed by atoms with Crippen molar-refractivity contribution in [3.63, 3.8) is 0 Å². The van der Waals surface area contributed by atoms with E-state index in [1.54, 1.807) is 30.7 Å². The van der Waals surface area contributed by atoms with Crippen molar-refractivity contribution in [2.75, 3.05) is 0 Å². The van der Waals surface area contributed by atoms with Gasteiger partial charge in [0.05, 0.1) is 11.6 Å². The molecule has 140 valence electrons. The molecule has 0 radical (unpaired) electrons. The van der Waals surface area contributed by atoms with Crippen LogP contribution in [0.4, 0.5) is 0 Å². The van der Waals surface area contributed by atoms with Gasteiger partial charge in [-0.25, -0.2) is 0 Å². The minimum Gasteiger partial charge on any atom is -0.481 e. The average Bonchev–Trinajstić information content (AvgIpc) is 2.83. The van der Waals surface area contributed by atoms with Gasteiger partial charge in [-0.05, 0) is 45.9 Å². The third-order valence-electron chi connectivity index (χ3n) is 4.18. The molecule has 0 saturated carbocycles. The van der Waals surface area contributed by atoms with Crippen LogP contribution in [-0.2, 0) is 16.6 Å². The highest BCUT2D eigenvalue weighted by molar-refractivity contribution is 9.10. The molecule has 2 aromatic rings. The van der Waals surface area contributed by atoms with Crippen molar-refractivity contribution in [3.8, 4) is 5.75 Å². The predicted molar refractivity (Wildman–Crippen MR) is 102 cm³/mol. The lowest BCUT2D eigenvalue weighted by molar-refractivity contribution is -0.133. The van der Waals surface area contributed by atoms with E-state index >= 15 is 0 Å². The number of nitrogens with one attached hydrogen (secondary N) is 2. The first kappa shape index (κ1) is 20.0. The van der Waals surface area contributed by atoms with Gasteiger partial charge in [-0.2, -0.15) is 5.10 Å². The smallest absolute Gasteiger partial charge is 0.279 e. The number of halogens is 1. The molecule has 0 spiro atoms. The lowest BCUT2D eigenvalue weighted by Gasteiger charge is -2.17. The number of ether oxygens (including phenoxy) is 1. The third-order valence-corrected chi connectivity index (χ3v) is 4.67. The number of hydrazine groups is 1. The number of hydrogen-bond acceptors (Lipinski definition) is 4. The fourth-order valence-corrected chi connectivity index (χ4v) is 3.06. The van der Waals surface area contributed by atoms with Gasteiger partial charge in [0.1, 0.15) is 5.75 Å². The highest BCUT2D eigenvalue weighted by Gasteiger charge is 2.23. The summed E-state index contributed by atoms with van der Waals surface area (Å²) in [6, 6.07) is 7.19. The summed E-state index contributed by atoms with van der Waals surface area (Å²) in [5, 5.41) is 4.32. The maximum atomic E-state index is 12.4. The number of rotatable bonds is 5. The Hall–Kier alpha value is -2.35. The maximum Gasteiger partial charge on any atom is 0.279 e. The number of hydrogen-bond donors (Lipinski definition) is 2. The number of nitrogens with zero attached hydrogens (tertiary/aromatic N) is 2. The largest absolute Gasteiger partial charge is 0.481 e. The van der Waals surface area contributed by atoms with Crippen LogP contribution in [0.15, 0.2) is 28.7 Å². The Kier molecular flexibility index (Phi) is 6.42. The molecule has 2 N–H and O–H groups in total. The zero-order valence-corrected chi connectivity index (χ0v) is 17.0. The second-order valence-electron chi connectivity index (χ2n) is 6.13. The standard InChI is InChI=1S/C18H23BrN4O3/c1-10(16-11(2)22-23(5)12(16)3)17(24)20-21-18(25)13(4)26-15-8-6-7-14(19)9-15/h6-10,13H,1-5H3,(H,20,24)(H,21,25)/t10-,13+/m1/s1. The molecule has 2 rings (SSSR count). The van der Waals surface area contributed by atoms with Gasteiger partial charge in [-0.15, -0.1) is 0 Å². The molecule has 0 saturated heterocycles. The molecule has 1 aromatic carbocycles. The van der Waals surface area contributed by atoms with Crippen LogP contribution in [0.3, 0.4) is 0 Å². The van der Waals surface area contributed by atoms with E-state index < -0.39 is 17.9 Å². The molecule has 2 amide bonds. The van der Waals surface area contributed by atoms with Crippen LogP contribution in [-0.4, -0.2) is 27.7 Å². The first-order valence-corrected chi connectivity index (χ1v) is 9.02. The summed E-state index contributed by atoms with van der Waals surface area (Å²) < 4.78 is 8.16. The zero-order valence-electron chi connectivity index (χ0n) is 15.5. The zero-order chi connectivity index (χ0) is 19.4. The van der Waals surface area contributed by atoms with Gasteiger partial charge in [-0.1, -0.05) is 22.0 Å². The molecule has 1 aromatic heterocycles. The Bertz CT molecular complexity index is 819. The SMILES string of the molecule is Cc1nn(C)c(C)c1[C@@H](C)C(=O)NNC(=O)[C@H](C)Oc1cccc(Br)c1. The molecule has 26 heavy (non-hydrogen) atoms. The van der Waals surface area contributed by atoms with Crippen molar-refractivity contribution < 1.29 is 14.3 Å². The van der Waals surface area contributed by atoms with Gasteiger partial charge in [0.2, 0.25) is 5.91 Å². The van der Waals surface area contributed by atoms with Crippen LogP contribution < -0.4 is 15.6 Å². The fraction of sp³-hybridized carbons (Fsp3) is 0.389. The minimum atomic E-state index is -0.762. The lowest BCUT2D eigenvalue weighted by atomic mass is 9.98. The fourth-order valence-electron chi connectivity index (χ4n) is 2.68. The van der Waals surface area contributed by atoms with Crippen LogP contribution in [0.5, 0.6) is 5.75 Å². The number of benzene rings is 1. The van der Waals surface area contributed by atoms with Crippen LogP contribution in [0.25, 0.3) is 0 Å². The minimum absolute atomic E-state index is 0.313. The molecule has 0 aliphatic heterocycles. The van der Waals surface area contributed by atoms with E-state index in [1.807, 2.05) is 33.0 Å². The third kappa shape index (κ3) is 4.63. The van der Waals surface area contributed by atoms with Gasteiger partial charge in [0.25, 0.3) is 5.91 Å². The van der Waals surface area contributed by atoms with Gasteiger partial charge >= 0.3 is 0 Å². The van der Waals surface area contributed by atoms with Crippen LogP contribution in [0, 0.1) is 13.8 Å². The predicted octanol–water partition coefficient (Wildman–Crippen LogP) is 2.52. The number of amides is 2. The van der Waals surface area contributed by atoms with E-state index in [4.69, 9.17) is 4.74 Å². The van der Waals surface area contributed by atoms with Crippen molar-refractivity contribution in [1.82, 2.24) is 20.6 Å². The van der Waals surface area contributed by atoms with Gasteiger partial charge in [0.15, 0.2) is 6.10 Å². The number of carbonyl (C=O) groups is 2. The average molecular weight is 423 g/mol. The first-order valence-electron chi connectivity index (χ1n) is 8.22. The molecule has 8 heteroatoms. The van der Waals surface area contributed by atoms with Crippen molar-refractivity contribution in [2.24, 2.45) is 7.05 Å². The maximum absolute atomic E-state index is 12.4. The molecule has 7 nitrogen and oxygen atoms in total. The van der Waals surface area contributed by atoms with E-state index in [0.717, 1.165) is 21.4 Å². The van der Waals surface area contributed by atoms with E-state index in [-0.39, 0.29) is 5.91 Å². The van der Waals surface area contributed by atoms with Crippen LogP contribution in [0.2, 0.25) is 0 Å². The summed E-state index contributed by atoms with van der Waals surface area (Å²) in [6.07, 6.45) is -0.762. The molecule has 0 fully saturated rings. The summed E-state index contributed by atoms with van der Waals surface area (Å²) in [7, 11) is 1.83. The van der Waals surface area contributed by atoms with Gasteiger partial charge in [0, 0.05) is 22.8 Å². The molecule has 0 aliphatic rings. The summed E-state index contributed by atoms with van der Waals surface area (Å²) in [5.74, 6) is -0.633. The van der Waals surface area contributed by atoms with E-state index in [2.05, 4.69) is 31.9 Å². The van der Waals surface area contributed by atoms with Crippen molar-refractivity contribution in [2.45, 2.75) is 39.7 Å². The quantitative estimate of drug-likeness (QED) is 0.724. The Morgan fingerprint density at radius 1 is 1.19 bits per heavy atom. The molecule has 0 bridgehead atoms. The molecular formula is C18H23BrN4O3. The summed E-state index contributed by atoms with van der Waals surface area (Å²) >= 11 is 3.35. The number of carbonyl (C=O) groups excluding carboxylic acids is 2. The first-order chi connectivity index (χ1) is 12.2. The summed E-state index contributed by atoms with van der Waals surface area (Å²) in [5.41, 5.74) is 7.44.